The van der Waals surface area contributed by atoms with E-state index in [1.165, 1.54) is 24.2 Å². The highest BCUT2D eigenvalue weighted by molar-refractivity contribution is 6.16. The minimum absolute atomic E-state index is 0.0569. The van der Waals surface area contributed by atoms with Crippen molar-refractivity contribution in [1.82, 2.24) is 20.1 Å². The zero-order valence-electron chi connectivity index (χ0n) is 21.1. The number of hydrogen-bond acceptors (Lipinski definition) is 4. The minimum atomic E-state index is -4.82. The molecule has 0 spiro atoms. The maximum absolute atomic E-state index is 13.0. The first-order chi connectivity index (χ1) is 16.9. The van der Waals surface area contributed by atoms with Crippen molar-refractivity contribution < 1.29 is 22.7 Å². The van der Waals surface area contributed by atoms with Gasteiger partial charge in [0.1, 0.15) is 5.75 Å². The van der Waals surface area contributed by atoms with E-state index >= 15 is 0 Å². The molecule has 0 radical (unpaired) electrons. The first kappa shape index (κ1) is 25.5. The number of fused-ring (bicyclic) bond motifs is 1. The van der Waals surface area contributed by atoms with Crippen LogP contribution in [0.3, 0.4) is 0 Å². The number of carbonyl (C=O) groups is 1. The van der Waals surface area contributed by atoms with Gasteiger partial charge in [-0.15, -0.1) is 13.2 Å². The van der Waals surface area contributed by atoms with Crippen molar-refractivity contribution in [3.63, 3.8) is 0 Å². The van der Waals surface area contributed by atoms with Crippen LogP contribution < -0.4 is 10.1 Å². The van der Waals surface area contributed by atoms with E-state index in [0.29, 0.717) is 17.7 Å². The van der Waals surface area contributed by atoms with Gasteiger partial charge in [-0.1, -0.05) is 31.2 Å². The van der Waals surface area contributed by atoms with E-state index < -0.39 is 12.4 Å². The molecule has 36 heavy (non-hydrogen) atoms. The van der Waals surface area contributed by atoms with Crippen LogP contribution in [0.2, 0.25) is 0 Å². The lowest BCUT2D eigenvalue weighted by molar-refractivity contribution is -0.274. The van der Waals surface area contributed by atoms with Gasteiger partial charge in [-0.3, -0.25) is 4.68 Å². The van der Waals surface area contributed by atoms with Crippen molar-refractivity contribution in [3.8, 4) is 5.75 Å². The summed E-state index contributed by atoms with van der Waals surface area (Å²) in [5, 5.41) is 13.2. The summed E-state index contributed by atoms with van der Waals surface area (Å²) in [5.74, 6) is -0.188. The summed E-state index contributed by atoms with van der Waals surface area (Å²) < 4.78 is 44.9. The van der Waals surface area contributed by atoms with Crippen molar-refractivity contribution in [1.29, 1.82) is 0 Å². The number of urea groups is 1. The standard InChI is InChI=1S/C26H30F3N5O2/c1-14-11-19(8-10-21(14)23-16(3)31-33(6)17(23)4)24-22-13-20(36-26(27,28)29)9-7-18(22)12-15(2)34(32-24)25(35)30-5/h7-11,13-15,21H,12H2,1-6H3,(H,30,35)/t14?,15-,21?/m1/s1. The Balaban J connectivity index is 1.80. The summed E-state index contributed by atoms with van der Waals surface area (Å²) in [4.78, 5) is 12.6. The van der Waals surface area contributed by atoms with Gasteiger partial charge in [0.25, 0.3) is 0 Å². The summed E-state index contributed by atoms with van der Waals surface area (Å²) in [6.45, 7) is 7.95. The van der Waals surface area contributed by atoms with Crippen molar-refractivity contribution in [2.45, 2.75) is 52.4 Å². The Morgan fingerprint density at radius 3 is 2.53 bits per heavy atom. The molecule has 1 aromatic carbocycles. The molecule has 0 fully saturated rings. The molecule has 2 heterocycles. The predicted molar refractivity (Wildman–Crippen MR) is 131 cm³/mol. The molecule has 0 saturated heterocycles. The number of hydrazone groups is 1. The molecule has 2 unspecified atom stereocenters. The molecule has 1 aromatic heterocycles. The molecule has 2 aliphatic rings. The fraction of sp³-hybridized carbons (Fsp3) is 0.423. The summed E-state index contributed by atoms with van der Waals surface area (Å²) >= 11 is 0. The number of rotatable bonds is 3. The monoisotopic (exact) mass is 501 g/mol. The molecular weight excluding hydrogens is 471 g/mol. The Morgan fingerprint density at radius 2 is 1.94 bits per heavy atom. The smallest absolute Gasteiger partial charge is 0.406 e. The number of carbonyl (C=O) groups excluding carboxylic acids is 1. The molecule has 1 aliphatic carbocycles. The van der Waals surface area contributed by atoms with Gasteiger partial charge in [0.15, 0.2) is 0 Å². The molecular formula is C26H30F3N5O2. The van der Waals surface area contributed by atoms with Gasteiger partial charge in [-0.25, -0.2) is 9.80 Å². The van der Waals surface area contributed by atoms with Crippen LogP contribution in [0.1, 0.15) is 47.8 Å². The van der Waals surface area contributed by atoms with Crippen LogP contribution in [0.25, 0.3) is 0 Å². The normalized spacial score (nSPS) is 21.9. The van der Waals surface area contributed by atoms with Crippen molar-refractivity contribution in [3.05, 3.63) is 70.1 Å². The van der Waals surface area contributed by atoms with Crippen LogP contribution in [-0.4, -0.2) is 46.0 Å². The number of nitrogens with zero attached hydrogens (tertiary/aromatic N) is 4. The number of nitrogens with one attached hydrogen (secondary N) is 1. The third kappa shape index (κ3) is 4.89. The minimum Gasteiger partial charge on any atom is -0.406 e. The number of alkyl halides is 3. The third-order valence-corrected chi connectivity index (χ3v) is 6.80. The lowest BCUT2D eigenvalue weighted by Gasteiger charge is -2.25. The lowest BCUT2D eigenvalue weighted by Crippen LogP contribution is -2.41. The summed E-state index contributed by atoms with van der Waals surface area (Å²) in [6, 6.07) is 3.55. The first-order valence-corrected chi connectivity index (χ1v) is 11.8. The van der Waals surface area contributed by atoms with Gasteiger partial charge < -0.3 is 10.1 Å². The Hall–Kier alpha value is -3.56. The van der Waals surface area contributed by atoms with E-state index in [-0.39, 0.29) is 23.6 Å². The topological polar surface area (TPSA) is 71.8 Å². The highest BCUT2D eigenvalue weighted by Crippen LogP contribution is 2.37. The maximum atomic E-state index is 13.0. The second-order valence-electron chi connectivity index (χ2n) is 9.34. The second-order valence-corrected chi connectivity index (χ2v) is 9.34. The van der Waals surface area contributed by atoms with Crippen molar-refractivity contribution in [2.24, 2.45) is 18.1 Å². The number of benzene rings is 1. The molecule has 2 amide bonds. The molecule has 2 aromatic rings. The number of aryl methyl sites for hydroxylation is 2. The SMILES string of the molecule is CNC(=O)N1N=C(C2=CC(C)C(c3c(C)nn(C)c3C)C=C2)c2cc(OC(F)(F)F)ccc2C[C@H]1C. The molecule has 0 saturated carbocycles. The summed E-state index contributed by atoms with van der Waals surface area (Å²) in [5.41, 5.74) is 5.63. The Bertz CT molecular complexity index is 1280. The number of hydrogen-bond donors (Lipinski definition) is 1. The van der Waals surface area contributed by atoms with E-state index in [4.69, 9.17) is 0 Å². The van der Waals surface area contributed by atoms with Crippen LogP contribution in [0.5, 0.6) is 5.75 Å². The maximum Gasteiger partial charge on any atom is 0.573 e. The second kappa shape index (κ2) is 9.48. The van der Waals surface area contributed by atoms with Crippen LogP contribution in [0.15, 0.2) is 47.1 Å². The number of aromatic nitrogens is 2. The van der Waals surface area contributed by atoms with Gasteiger partial charge in [-0.05, 0) is 56.4 Å². The molecule has 10 heteroatoms. The Kier molecular flexibility index (Phi) is 6.72. The predicted octanol–water partition coefficient (Wildman–Crippen LogP) is 5.14. The number of allylic oxidation sites excluding steroid dienone is 4. The zero-order chi connectivity index (χ0) is 26.4. The number of halogens is 3. The van der Waals surface area contributed by atoms with E-state index in [1.807, 2.05) is 38.6 Å². The van der Waals surface area contributed by atoms with Crippen LogP contribution in [0, 0.1) is 19.8 Å². The molecule has 1 N–H and O–H groups in total. The van der Waals surface area contributed by atoms with E-state index in [0.717, 1.165) is 28.1 Å². The lowest BCUT2D eigenvalue weighted by atomic mass is 9.79. The zero-order valence-corrected chi connectivity index (χ0v) is 21.1. The van der Waals surface area contributed by atoms with Gasteiger partial charge in [-0.2, -0.15) is 10.2 Å². The highest BCUT2D eigenvalue weighted by Gasteiger charge is 2.33. The quantitative estimate of drug-likeness (QED) is 0.633. The summed E-state index contributed by atoms with van der Waals surface area (Å²) in [6.07, 6.45) is 1.66. The van der Waals surface area contributed by atoms with Gasteiger partial charge in [0.05, 0.1) is 17.4 Å². The average Bonchev–Trinajstić information content (AvgIpc) is 2.96. The summed E-state index contributed by atoms with van der Waals surface area (Å²) in [7, 11) is 3.43. The molecule has 4 rings (SSSR count). The van der Waals surface area contributed by atoms with Crippen molar-refractivity contribution in [2.75, 3.05) is 7.05 Å². The Labute approximate surface area is 208 Å². The molecule has 0 bridgehead atoms. The van der Waals surface area contributed by atoms with Gasteiger partial charge in [0, 0.05) is 36.8 Å². The molecule has 3 atom stereocenters. The van der Waals surface area contributed by atoms with Crippen molar-refractivity contribution >= 4 is 11.7 Å². The largest absolute Gasteiger partial charge is 0.573 e. The Morgan fingerprint density at radius 1 is 1.22 bits per heavy atom. The fourth-order valence-corrected chi connectivity index (χ4v) is 5.00. The number of ether oxygens (including phenoxy) is 1. The van der Waals surface area contributed by atoms with E-state index in [2.05, 4.69) is 39.3 Å². The highest BCUT2D eigenvalue weighted by atomic mass is 19.4. The van der Waals surface area contributed by atoms with Gasteiger partial charge >= 0.3 is 12.4 Å². The first-order valence-electron chi connectivity index (χ1n) is 11.8. The number of amides is 2. The molecule has 7 nitrogen and oxygen atoms in total. The molecule has 1 aliphatic heterocycles. The third-order valence-electron chi connectivity index (χ3n) is 6.80. The molecule has 192 valence electrons. The van der Waals surface area contributed by atoms with Gasteiger partial charge in [0.2, 0.25) is 0 Å². The average molecular weight is 502 g/mol. The van der Waals surface area contributed by atoms with E-state index in [1.54, 1.807) is 6.07 Å². The van der Waals surface area contributed by atoms with E-state index in [9.17, 15) is 18.0 Å². The van der Waals surface area contributed by atoms with Crippen LogP contribution in [-0.2, 0) is 13.5 Å². The fourth-order valence-electron chi connectivity index (χ4n) is 5.00. The van der Waals surface area contributed by atoms with Crippen LogP contribution in [0.4, 0.5) is 18.0 Å². The van der Waals surface area contributed by atoms with Crippen LogP contribution >= 0.6 is 0 Å².